The lowest BCUT2D eigenvalue weighted by molar-refractivity contribution is 0.0490. The van der Waals surface area contributed by atoms with Gasteiger partial charge in [0.15, 0.2) is 0 Å². The fourth-order valence-corrected chi connectivity index (χ4v) is 2.95. The summed E-state index contributed by atoms with van der Waals surface area (Å²) in [5, 5.41) is 0. The molecule has 126 valence electrons. The van der Waals surface area contributed by atoms with Crippen molar-refractivity contribution in [3.05, 3.63) is 40.8 Å². The summed E-state index contributed by atoms with van der Waals surface area (Å²) in [7, 11) is 0. The number of aromatic nitrogens is 1. The van der Waals surface area contributed by atoms with Gasteiger partial charge in [0.25, 0.3) is 5.91 Å². The quantitative estimate of drug-likeness (QED) is 0.788. The van der Waals surface area contributed by atoms with Crippen LogP contribution in [0.3, 0.4) is 0 Å². The average Bonchev–Trinajstić information content (AvgIpc) is 3.09. The first-order chi connectivity index (χ1) is 11.6. The molecule has 6 nitrogen and oxygen atoms in total. The molecule has 1 aliphatic heterocycles. The van der Waals surface area contributed by atoms with E-state index in [2.05, 4.69) is 4.98 Å². The number of esters is 1. The van der Waals surface area contributed by atoms with Gasteiger partial charge in [0.2, 0.25) is 11.7 Å². The summed E-state index contributed by atoms with van der Waals surface area (Å²) in [6.45, 7) is 7.04. The minimum Gasteiger partial charge on any atom is -0.460 e. The smallest absolute Gasteiger partial charge is 0.376 e. The Kier molecular flexibility index (Phi) is 4.38. The Morgan fingerprint density at radius 1 is 1.38 bits per heavy atom. The van der Waals surface area contributed by atoms with E-state index in [1.54, 1.807) is 19.9 Å². The van der Waals surface area contributed by atoms with Gasteiger partial charge in [-0.3, -0.25) is 4.79 Å². The molecule has 3 rings (SSSR count). The highest BCUT2D eigenvalue weighted by atomic mass is 16.5. The van der Waals surface area contributed by atoms with E-state index in [-0.39, 0.29) is 24.2 Å². The van der Waals surface area contributed by atoms with Crippen molar-refractivity contribution in [2.75, 3.05) is 13.2 Å². The largest absolute Gasteiger partial charge is 0.460 e. The molecule has 0 bridgehead atoms. The Bertz CT molecular complexity index is 794. The molecule has 0 atom stereocenters. The van der Waals surface area contributed by atoms with Crippen LogP contribution in [0, 0.1) is 6.92 Å². The zero-order chi connectivity index (χ0) is 17.3. The SMILES string of the molecule is CCCN1Cc2cccc(-c3nc(C)c(C(=O)OCC)o3)c2C1=O. The van der Waals surface area contributed by atoms with Crippen molar-refractivity contribution < 1.29 is 18.7 Å². The first-order valence-electron chi connectivity index (χ1n) is 8.12. The summed E-state index contributed by atoms with van der Waals surface area (Å²) in [5.74, 6) is -0.198. The molecule has 1 aliphatic rings. The zero-order valence-corrected chi connectivity index (χ0v) is 14.1. The van der Waals surface area contributed by atoms with Crippen LogP contribution in [0.4, 0.5) is 0 Å². The van der Waals surface area contributed by atoms with Crippen molar-refractivity contribution in [3.63, 3.8) is 0 Å². The van der Waals surface area contributed by atoms with Crippen LogP contribution in [0.15, 0.2) is 22.6 Å². The second kappa shape index (κ2) is 6.47. The molecule has 24 heavy (non-hydrogen) atoms. The van der Waals surface area contributed by atoms with Gasteiger partial charge >= 0.3 is 5.97 Å². The van der Waals surface area contributed by atoms with E-state index in [9.17, 15) is 9.59 Å². The highest BCUT2D eigenvalue weighted by Gasteiger charge is 2.31. The number of ether oxygens (including phenoxy) is 1. The van der Waals surface area contributed by atoms with Crippen LogP contribution >= 0.6 is 0 Å². The normalized spacial score (nSPS) is 13.3. The second-order valence-corrected chi connectivity index (χ2v) is 5.72. The number of nitrogens with zero attached hydrogens (tertiary/aromatic N) is 2. The molecule has 0 aliphatic carbocycles. The maximum absolute atomic E-state index is 12.7. The van der Waals surface area contributed by atoms with E-state index in [0.29, 0.717) is 29.9 Å². The number of carbonyl (C=O) groups is 2. The van der Waals surface area contributed by atoms with E-state index < -0.39 is 5.97 Å². The Balaban J connectivity index is 2.02. The lowest BCUT2D eigenvalue weighted by Gasteiger charge is -2.13. The third kappa shape index (κ3) is 2.68. The Hall–Kier alpha value is -2.63. The molecule has 0 unspecified atom stereocenters. The van der Waals surface area contributed by atoms with Crippen LogP contribution in [0.5, 0.6) is 0 Å². The standard InChI is InChI=1S/C18H20N2O4/c1-4-9-20-10-12-7-6-8-13(14(12)17(20)21)16-19-11(3)15(24-16)18(22)23-5-2/h6-8H,4-5,9-10H2,1-3H3. The Labute approximate surface area is 140 Å². The maximum Gasteiger partial charge on any atom is 0.376 e. The van der Waals surface area contributed by atoms with Gasteiger partial charge in [-0.15, -0.1) is 0 Å². The van der Waals surface area contributed by atoms with Crippen molar-refractivity contribution in [3.8, 4) is 11.5 Å². The lowest BCUT2D eigenvalue weighted by Crippen LogP contribution is -2.24. The molecule has 2 aromatic rings. The van der Waals surface area contributed by atoms with Crippen LogP contribution in [0.25, 0.3) is 11.5 Å². The van der Waals surface area contributed by atoms with Crippen LogP contribution in [0.1, 0.15) is 52.4 Å². The fourth-order valence-electron chi connectivity index (χ4n) is 2.95. The summed E-state index contributed by atoms with van der Waals surface area (Å²) in [4.78, 5) is 30.7. The number of oxazole rings is 1. The number of hydrogen-bond acceptors (Lipinski definition) is 5. The molecule has 0 N–H and O–H groups in total. The highest BCUT2D eigenvalue weighted by molar-refractivity contribution is 6.04. The Morgan fingerprint density at radius 2 is 2.17 bits per heavy atom. The molecule has 0 radical (unpaired) electrons. The summed E-state index contributed by atoms with van der Waals surface area (Å²) < 4.78 is 10.6. The number of fused-ring (bicyclic) bond motifs is 1. The maximum atomic E-state index is 12.7. The topological polar surface area (TPSA) is 72.6 Å². The van der Waals surface area contributed by atoms with Gasteiger partial charge in [0, 0.05) is 13.1 Å². The van der Waals surface area contributed by atoms with Gasteiger partial charge in [0.05, 0.1) is 23.4 Å². The molecule has 1 aromatic heterocycles. The average molecular weight is 328 g/mol. The van der Waals surface area contributed by atoms with Gasteiger partial charge in [-0.1, -0.05) is 19.1 Å². The molecule has 0 spiro atoms. The third-order valence-electron chi connectivity index (χ3n) is 3.99. The summed E-state index contributed by atoms with van der Waals surface area (Å²) >= 11 is 0. The van der Waals surface area contributed by atoms with Crippen molar-refractivity contribution in [1.82, 2.24) is 9.88 Å². The van der Waals surface area contributed by atoms with E-state index in [1.807, 2.05) is 24.0 Å². The Morgan fingerprint density at radius 3 is 2.88 bits per heavy atom. The van der Waals surface area contributed by atoms with Crippen molar-refractivity contribution in [2.45, 2.75) is 33.7 Å². The number of carbonyl (C=O) groups excluding carboxylic acids is 2. The highest BCUT2D eigenvalue weighted by Crippen LogP contribution is 2.33. The first-order valence-corrected chi connectivity index (χ1v) is 8.12. The van der Waals surface area contributed by atoms with Crippen LogP contribution < -0.4 is 0 Å². The molecular weight excluding hydrogens is 308 g/mol. The predicted molar refractivity (Wildman–Crippen MR) is 87.7 cm³/mol. The van der Waals surface area contributed by atoms with Gasteiger partial charge in [-0.05, 0) is 31.9 Å². The molecular formula is C18H20N2O4. The number of aryl methyl sites for hydroxylation is 1. The van der Waals surface area contributed by atoms with Gasteiger partial charge < -0.3 is 14.1 Å². The number of hydrogen-bond donors (Lipinski definition) is 0. The monoisotopic (exact) mass is 328 g/mol. The predicted octanol–water partition coefficient (Wildman–Crippen LogP) is 3.19. The van der Waals surface area contributed by atoms with E-state index in [0.717, 1.165) is 12.0 Å². The second-order valence-electron chi connectivity index (χ2n) is 5.72. The van der Waals surface area contributed by atoms with Crippen LogP contribution in [-0.2, 0) is 11.3 Å². The molecule has 0 saturated heterocycles. The molecule has 2 heterocycles. The zero-order valence-electron chi connectivity index (χ0n) is 14.1. The summed E-state index contributed by atoms with van der Waals surface area (Å²) in [5.41, 5.74) is 2.65. The van der Waals surface area contributed by atoms with Crippen molar-refractivity contribution >= 4 is 11.9 Å². The fraction of sp³-hybridized carbons (Fsp3) is 0.389. The van der Waals surface area contributed by atoms with Crippen LogP contribution in [-0.4, -0.2) is 34.9 Å². The number of rotatable bonds is 5. The molecule has 6 heteroatoms. The number of benzene rings is 1. The van der Waals surface area contributed by atoms with Gasteiger partial charge in [0.1, 0.15) is 0 Å². The minimum atomic E-state index is -0.541. The molecule has 0 fully saturated rings. The third-order valence-corrected chi connectivity index (χ3v) is 3.99. The molecule has 1 amide bonds. The van der Waals surface area contributed by atoms with Gasteiger partial charge in [-0.2, -0.15) is 0 Å². The van der Waals surface area contributed by atoms with E-state index in [1.165, 1.54) is 0 Å². The van der Waals surface area contributed by atoms with Crippen LogP contribution in [0.2, 0.25) is 0 Å². The minimum absolute atomic E-state index is 0.0176. The molecule has 0 saturated carbocycles. The van der Waals surface area contributed by atoms with Crippen molar-refractivity contribution in [2.24, 2.45) is 0 Å². The van der Waals surface area contributed by atoms with E-state index in [4.69, 9.17) is 9.15 Å². The number of amides is 1. The first kappa shape index (κ1) is 16.2. The van der Waals surface area contributed by atoms with Gasteiger partial charge in [-0.25, -0.2) is 9.78 Å². The lowest BCUT2D eigenvalue weighted by atomic mass is 10.0. The van der Waals surface area contributed by atoms with Crippen molar-refractivity contribution in [1.29, 1.82) is 0 Å². The summed E-state index contributed by atoms with van der Waals surface area (Å²) in [6, 6.07) is 5.61. The summed E-state index contributed by atoms with van der Waals surface area (Å²) in [6.07, 6.45) is 0.903. The molecule has 1 aromatic carbocycles. The van der Waals surface area contributed by atoms with E-state index >= 15 is 0 Å².